The van der Waals surface area contributed by atoms with Crippen molar-refractivity contribution >= 4 is 22.5 Å². The van der Waals surface area contributed by atoms with Crippen LogP contribution in [0.1, 0.15) is 5.69 Å². The van der Waals surface area contributed by atoms with E-state index in [0.29, 0.717) is 5.69 Å². The molecule has 0 bridgehead atoms. The molecule has 0 aliphatic carbocycles. The van der Waals surface area contributed by atoms with E-state index in [1.807, 2.05) is 31.2 Å². The molecule has 2 aromatic rings. The molecule has 0 aliphatic rings. The van der Waals surface area contributed by atoms with Crippen LogP contribution in [0, 0.1) is 6.92 Å². The molecule has 0 unspecified atom stereocenters. The van der Waals surface area contributed by atoms with Gasteiger partial charge in [-0.2, -0.15) is 0 Å². The molecular formula is C11H11N3O. The lowest BCUT2D eigenvalue weighted by Gasteiger charge is -2.06. The molecule has 0 aliphatic heterocycles. The van der Waals surface area contributed by atoms with Crippen LogP contribution in [-0.4, -0.2) is 11.0 Å². The SMILES string of the molecule is Cc1cc2c(NC(N)=O)cccc2cn1. The van der Waals surface area contributed by atoms with E-state index in [2.05, 4.69) is 10.3 Å². The predicted molar refractivity (Wildman–Crippen MR) is 59.7 cm³/mol. The molecule has 0 atom stereocenters. The Morgan fingerprint density at radius 1 is 1.47 bits per heavy atom. The number of nitrogens with two attached hydrogens (primary N) is 1. The Hall–Kier alpha value is -2.10. The third-order valence-electron chi connectivity index (χ3n) is 2.16. The fraction of sp³-hybridized carbons (Fsp3) is 0.0909. The van der Waals surface area contributed by atoms with Crippen molar-refractivity contribution in [3.8, 4) is 0 Å². The zero-order valence-corrected chi connectivity index (χ0v) is 8.32. The Morgan fingerprint density at radius 2 is 2.27 bits per heavy atom. The Balaban J connectivity index is 2.63. The molecule has 0 fully saturated rings. The molecule has 76 valence electrons. The zero-order chi connectivity index (χ0) is 10.8. The molecule has 0 saturated carbocycles. The van der Waals surface area contributed by atoms with Gasteiger partial charge in [-0.05, 0) is 19.1 Å². The average Bonchev–Trinajstić information content (AvgIpc) is 2.18. The van der Waals surface area contributed by atoms with E-state index in [0.717, 1.165) is 16.5 Å². The van der Waals surface area contributed by atoms with Gasteiger partial charge in [0.2, 0.25) is 0 Å². The number of benzene rings is 1. The van der Waals surface area contributed by atoms with Gasteiger partial charge in [-0.1, -0.05) is 12.1 Å². The first-order valence-electron chi connectivity index (χ1n) is 4.58. The number of hydrogen-bond acceptors (Lipinski definition) is 2. The summed E-state index contributed by atoms with van der Waals surface area (Å²) < 4.78 is 0. The number of carbonyl (C=O) groups is 1. The first-order valence-corrected chi connectivity index (χ1v) is 4.58. The van der Waals surface area contributed by atoms with Gasteiger partial charge in [0.1, 0.15) is 0 Å². The monoisotopic (exact) mass is 201 g/mol. The number of primary amides is 1. The maximum atomic E-state index is 10.8. The number of aromatic nitrogens is 1. The van der Waals surface area contributed by atoms with Crippen LogP contribution in [-0.2, 0) is 0 Å². The summed E-state index contributed by atoms with van der Waals surface area (Å²) in [5.74, 6) is 0. The third-order valence-corrected chi connectivity index (χ3v) is 2.16. The number of hydrogen-bond donors (Lipinski definition) is 2. The van der Waals surface area contributed by atoms with Crippen LogP contribution in [0.5, 0.6) is 0 Å². The molecular weight excluding hydrogens is 190 g/mol. The first-order chi connectivity index (χ1) is 7.16. The molecule has 2 amide bonds. The van der Waals surface area contributed by atoms with E-state index in [4.69, 9.17) is 5.73 Å². The van der Waals surface area contributed by atoms with E-state index in [9.17, 15) is 4.79 Å². The minimum Gasteiger partial charge on any atom is -0.351 e. The highest BCUT2D eigenvalue weighted by atomic mass is 16.2. The molecule has 1 aromatic heterocycles. The molecule has 4 nitrogen and oxygen atoms in total. The number of nitrogens with zero attached hydrogens (tertiary/aromatic N) is 1. The van der Waals surface area contributed by atoms with Gasteiger partial charge >= 0.3 is 6.03 Å². The average molecular weight is 201 g/mol. The second-order valence-electron chi connectivity index (χ2n) is 3.34. The third kappa shape index (κ3) is 1.88. The Bertz CT molecular complexity index is 522. The van der Waals surface area contributed by atoms with Crippen molar-refractivity contribution in [3.05, 3.63) is 36.2 Å². The Kier molecular flexibility index (Phi) is 2.25. The van der Waals surface area contributed by atoms with Gasteiger partial charge in [-0.25, -0.2) is 4.79 Å². The van der Waals surface area contributed by atoms with E-state index < -0.39 is 6.03 Å². The summed E-state index contributed by atoms with van der Waals surface area (Å²) in [6.45, 7) is 1.90. The maximum absolute atomic E-state index is 10.8. The largest absolute Gasteiger partial charge is 0.351 e. The minimum atomic E-state index is -0.558. The van der Waals surface area contributed by atoms with E-state index in [1.165, 1.54) is 0 Å². The minimum absolute atomic E-state index is 0.558. The van der Waals surface area contributed by atoms with Gasteiger partial charge in [0, 0.05) is 22.7 Å². The van der Waals surface area contributed by atoms with Gasteiger partial charge in [-0.15, -0.1) is 0 Å². The van der Waals surface area contributed by atoms with Crippen LogP contribution in [0.2, 0.25) is 0 Å². The molecule has 15 heavy (non-hydrogen) atoms. The first kappa shape index (κ1) is 9.45. The lowest BCUT2D eigenvalue weighted by molar-refractivity contribution is 0.259. The van der Waals surface area contributed by atoms with Crippen LogP contribution in [0.15, 0.2) is 30.5 Å². The Morgan fingerprint density at radius 3 is 3.00 bits per heavy atom. The van der Waals surface area contributed by atoms with Crippen LogP contribution >= 0.6 is 0 Å². The van der Waals surface area contributed by atoms with Crippen molar-refractivity contribution in [2.75, 3.05) is 5.32 Å². The summed E-state index contributed by atoms with van der Waals surface area (Å²) in [7, 11) is 0. The highest BCUT2D eigenvalue weighted by Gasteiger charge is 2.02. The Labute approximate surface area is 87.1 Å². The van der Waals surface area contributed by atoms with Crippen LogP contribution in [0.3, 0.4) is 0 Å². The quantitative estimate of drug-likeness (QED) is 0.741. The van der Waals surface area contributed by atoms with Crippen LogP contribution in [0.4, 0.5) is 10.5 Å². The summed E-state index contributed by atoms with van der Waals surface area (Å²) in [6.07, 6.45) is 1.77. The van der Waals surface area contributed by atoms with Gasteiger partial charge < -0.3 is 11.1 Å². The van der Waals surface area contributed by atoms with Crippen molar-refractivity contribution in [1.29, 1.82) is 0 Å². The molecule has 1 aromatic carbocycles. The van der Waals surface area contributed by atoms with Gasteiger partial charge in [-0.3, -0.25) is 4.98 Å². The topological polar surface area (TPSA) is 68.0 Å². The van der Waals surface area contributed by atoms with E-state index >= 15 is 0 Å². The molecule has 0 spiro atoms. The van der Waals surface area contributed by atoms with Crippen molar-refractivity contribution in [3.63, 3.8) is 0 Å². The highest BCUT2D eigenvalue weighted by Crippen LogP contribution is 2.22. The van der Waals surface area contributed by atoms with Crippen LogP contribution < -0.4 is 11.1 Å². The van der Waals surface area contributed by atoms with Crippen molar-refractivity contribution in [1.82, 2.24) is 4.98 Å². The van der Waals surface area contributed by atoms with Crippen molar-refractivity contribution in [2.24, 2.45) is 5.73 Å². The second kappa shape index (κ2) is 3.57. The normalized spacial score (nSPS) is 10.2. The number of anilines is 1. The fourth-order valence-corrected chi connectivity index (χ4v) is 1.52. The molecule has 3 N–H and O–H groups in total. The number of pyridine rings is 1. The number of urea groups is 1. The fourth-order valence-electron chi connectivity index (χ4n) is 1.52. The smallest absolute Gasteiger partial charge is 0.316 e. The zero-order valence-electron chi connectivity index (χ0n) is 8.32. The van der Waals surface area contributed by atoms with Crippen molar-refractivity contribution in [2.45, 2.75) is 6.92 Å². The summed E-state index contributed by atoms with van der Waals surface area (Å²) in [5, 5.41) is 4.51. The summed E-state index contributed by atoms with van der Waals surface area (Å²) in [5.41, 5.74) is 6.71. The summed E-state index contributed by atoms with van der Waals surface area (Å²) in [6, 6.07) is 6.96. The number of rotatable bonds is 1. The molecule has 0 saturated heterocycles. The van der Waals surface area contributed by atoms with Crippen molar-refractivity contribution < 1.29 is 4.79 Å². The van der Waals surface area contributed by atoms with Crippen LogP contribution in [0.25, 0.3) is 10.8 Å². The van der Waals surface area contributed by atoms with Gasteiger partial charge in [0.15, 0.2) is 0 Å². The molecule has 1 heterocycles. The summed E-state index contributed by atoms with van der Waals surface area (Å²) in [4.78, 5) is 15.0. The van der Waals surface area contributed by atoms with E-state index in [1.54, 1.807) is 6.20 Å². The number of carbonyl (C=O) groups excluding carboxylic acids is 1. The number of amides is 2. The molecule has 2 rings (SSSR count). The molecule has 0 radical (unpaired) electrons. The predicted octanol–water partition coefficient (Wildman–Crippen LogP) is 2.03. The number of nitrogens with one attached hydrogen (secondary N) is 1. The van der Waals surface area contributed by atoms with E-state index in [-0.39, 0.29) is 0 Å². The van der Waals surface area contributed by atoms with Gasteiger partial charge in [0.25, 0.3) is 0 Å². The highest BCUT2D eigenvalue weighted by molar-refractivity contribution is 6.00. The lowest BCUT2D eigenvalue weighted by Crippen LogP contribution is -2.19. The number of fused-ring (bicyclic) bond motifs is 1. The standard InChI is InChI=1S/C11H11N3O/c1-7-5-9-8(6-13-7)3-2-4-10(9)14-11(12)15/h2-6H,1H3,(H3,12,14,15). The number of aryl methyl sites for hydroxylation is 1. The van der Waals surface area contributed by atoms with Gasteiger partial charge in [0.05, 0.1) is 5.69 Å². The maximum Gasteiger partial charge on any atom is 0.316 e. The second-order valence-corrected chi connectivity index (χ2v) is 3.34. The molecule has 4 heteroatoms. The summed E-state index contributed by atoms with van der Waals surface area (Å²) >= 11 is 0. The lowest BCUT2D eigenvalue weighted by atomic mass is 10.1.